The Bertz CT molecular complexity index is 1700. The number of hydrogen-bond acceptors (Lipinski definition) is 7. The summed E-state index contributed by atoms with van der Waals surface area (Å²) in [7, 11) is 0. The van der Waals surface area contributed by atoms with Crippen molar-refractivity contribution in [2.45, 2.75) is 13.5 Å². The van der Waals surface area contributed by atoms with Crippen molar-refractivity contribution in [2.75, 3.05) is 22.1 Å². The van der Waals surface area contributed by atoms with Crippen LogP contribution in [0.15, 0.2) is 114 Å². The number of hydrogen-bond donors (Lipinski definition) is 2. The highest BCUT2D eigenvalue weighted by atomic mass is 35.5. The lowest BCUT2D eigenvalue weighted by Crippen LogP contribution is -2.32. The standard InChI is InChI=1S/C33H26ClN3O6/c1-2-42-33(41)23-9-6-10-26(19-23)37-31(39)28(34)29(32(37)40)35-24-13-11-22(12-14-24)30(38)36-25-15-17-27(18-16-25)43-20-21-7-4-3-5-8-21/h3-19,35H,2,20H2,1H3,(H,36,38). The Balaban J connectivity index is 1.20. The second-order valence-electron chi connectivity index (χ2n) is 9.36. The number of anilines is 3. The van der Waals surface area contributed by atoms with Crippen LogP contribution in [0.25, 0.3) is 0 Å². The van der Waals surface area contributed by atoms with Crippen LogP contribution in [-0.4, -0.2) is 30.3 Å². The average Bonchev–Trinajstić information content (AvgIpc) is 3.24. The maximum atomic E-state index is 13.2. The van der Waals surface area contributed by atoms with Crippen LogP contribution >= 0.6 is 11.6 Å². The molecule has 0 spiro atoms. The van der Waals surface area contributed by atoms with Crippen molar-refractivity contribution in [1.29, 1.82) is 0 Å². The monoisotopic (exact) mass is 595 g/mol. The molecule has 2 N–H and O–H groups in total. The van der Waals surface area contributed by atoms with Gasteiger partial charge in [0.2, 0.25) is 0 Å². The number of nitrogens with zero attached hydrogens (tertiary/aromatic N) is 1. The third kappa shape index (κ3) is 6.74. The van der Waals surface area contributed by atoms with E-state index in [1.165, 1.54) is 18.2 Å². The molecule has 3 amide bonds. The third-order valence-electron chi connectivity index (χ3n) is 6.42. The number of carbonyl (C=O) groups excluding carboxylic acids is 4. The molecule has 0 atom stereocenters. The van der Waals surface area contributed by atoms with Crippen molar-refractivity contribution in [3.63, 3.8) is 0 Å². The van der Waals surface area contributed by atoms with Crippen molar-refractivity contribution < 1.29 is 28.7 Å². The number of rotatable bonds is 10. The maximum absolute atomic E-state index is 13.2. The quantitative estimate of drug-likeness (QED) is 0.167. The Kier molecular flexibility index (Phi) is 8.83. The van der Waals surface area contributed by atoms with Crippen LogP contribution in [0.1, 0.15) is 33.2 Å². The minimum atomic E-state index is -0.734. The zero-order valence-corrected chi connectivity index (χ0v) is 23.8. The highest BCUT2D eigenvalue weighted by molar-refractivity contribution is 6.53. The summed E-state index contributed by atoms with van der Waals surface area (Å²) in [5.74, 6) is -1.65. The Morgan fingerprint density at radius 3 is 2.19 bits per heavy atom. The summed E-state index contributed by atoms with van der Waals surface area (Å²) in [5, 5.41) is 5.40. The number of nitrogens with one attached hydrogen (secondary N) is 2. The molecule has 43 heavy (non-hydrogen) atoms. The molecule has 0 fully saturated rings. The van der Waals surface area contributed by atoms with E-state index in [0.29, 0.717) is 29.3 Å². The van der Waals surface area contributed by atoms with Crippen LogP contribution in [-0.2, 0) is 20.9 Å². The van der Waals surface area contributed by atoms with E-state index < -0.39 is 17.8 Å². The summed E-state index contributed by atoms with van der Waals surface area (Å²) in [5.41, 5.74) is 2.71. The molecule has 1 heterocycles. The maximum Gasteiger partial charge on any atom is 0.338 e. The molecule has 0 radical (unpaired) electrons. The van der Waals surface area contributed by atoms with Crippen LogP contribution < -0.4 is 20.3 Å². The minimum absolute atomic E-state index is 0.125. The van der Waals surface area contributed by atoms with E-state index in [0.717, 1.165) is 10.5 Å². The van der Waals surface area contributed by atoms with E-state index in [4.69, 9.17) is 21.1 Å². The Morgan fingerprint density at radius 2 is 1.49 bits per heavy atom. The fourth-order valence-corrected chi connectivity index (χ4v) is 4.47. The van der Waals surface area contributed by atoms with Crippen LogP contribution in [0.5, 0.6) is 5.75 Å². The molecule has 0 bridgehead atoms. The lowest BCUT2D eigenvalue weighted by molar-refractivity contribution is -0.120. The first kappa shape index (κ1) is 29.1. The molecule has 1 aliphatic rings. The highest BCUT2D eigenvalue weighted by Crippen LogP contribution is 2.31. The van der Waals surface area contributed by atoms with Crippen molar-refractivity contribution in [3.8, 4) is 5.75 Å². The normalized spacial score (nSPS) is 12.7. The molecule has 5 rings (SSSR count). The Labute approximate surface area is 252 Å². The van der Waals surface area contributed by atoms with E-state index in [1.807, 2.05) is 30.3 Å². The van der Waals surface area contributed by atoms with Crippen molar-refractivity contribution in [2.24, 2.45) is 0 Å². The number of imide groups is 1. The zero-order valence-electron chi connectivity index (χ0n) is 23.0. The lowest BCUT2D eigenvalue weighted by Gasteiger charge is -2.16. The number of ether oxygens (including phenoxy) is 2. The lowest BCUT2D eigenvalue weighted by atomic mass is 10.1. The van der Waals surface area contributed by atoms with Gasteiger partial charge in [-0.2, -0.15) is 0 Å². The van der Waals surface area contributed by atoms with Gasteiger partial charge in [0.25, 0.3) is 17.7 Å². The summed E-state index contributed by atoms with van der Waals surface area (Å²) < 4.78 is 10.8. The first-order chi connectivity index (χ1) is 20.8. The molecule has 4 aromatic carbocycles. The number of esters is 1. The SMILES string of the molecule is CCOC(=O)c1cccc(N2C(=O)C(Cl)=C(Nc3ccc(C(=O)Nc4ccc(OCc5ccccc5)cc4)cc3)C2=O)c1. The summed E-state index contributed by atoms with van der Waals surface area (Å²) in [6, 6.07) is 29.2. The van der Waals surface area contributed by atoms with Crippen LogP contribution in [0.2, 0.25) is 0 Å². The predicted molar refractivity (Wildman–Crippen MR) is 163 cm³/mol. The smallest absolute Gasteiger partial charge is 0.338 e. The van der Waals surface area contributed by atoms with Crippen molar-refractivity contribution in [3.05, 3.63) is 131 Å². The number of amides is 3. The minimum Gasteiger partial charge on any atom is -0.489 e. The fraction of sp³-hybridized carbons (Fsp3) is 0.0909. The number of carbonyl (C=O) groups is 4. The largest absolute Gasteiger partial charge is 0.489 e. The van der Waals surface area contributed by atoms with Gasteiger partial charge in [0.1, 0.15) is 23.1 Å². The average molecular weight is 596 g/mol. The van der Waals surface area contributed by atoms with Gasteiger partial charge in [-0.15, -0.1) is 0 Å². The van der Waals surface area contributed by atoms with E-state index in [1.54, 1.807) is 61.5 Å². The second-order valence-corrected chi connectivity index (χ2v) is 9.74. The molecule has 216 valence electrons. The Hall–Kier alpha value is -5.41. The summed E-state index contributed by atoms with van der Waals surface area (Å²) in [6.45, 7) is 2.30. The Morgan fingerprint density at radius 1 is 0.791 bits per heavy atom. The molecule has 0 aromatic heterocycles. The molecule has 10 heteroatoms. The van der Waals surface area contributed by atoms with Gasteiger partial charge in [0.05, 0.1) is 17.9 Å². The van der Waals surface area contributed by atoms with Crippen LogP contribution in [0.4, 0.5) is 17.1 Å². The molecule has 0 saturated heterocycles. The third-order valence-corrected chi connectivity index (χ3v) is 6.77. The summed E-state index contributed by atoms with van der Waals surface area (Å²) >= 11 is 6.24. The summed E-state index contributed by atoms with van der Waals surface area (Å²) in [4.78, 5) is 51.8. The molecular weight excluding hydrogens is 570 g/mol. The summed E-state index contributed by atoms with van der Waals surface area (Å²) in [6.07, 6.45) is 0. The molecular formula is C33H26ClN3O6. The van der Waals surface area contributed by atoms with Gasteiger partial charge in [-0.25, -0.2) is 9.69 Å². The zero-order chi connectivity index (χ0) is 30.3. The molecule has 9 nitrogen and oxygen atoms in total. The van der Waals surface area contributed by atoms with E-state index >= 15 is 0 Å². The first-order valence-electron chi connectivity index (χ1n) is 13.3. The first-order valence-corrected chi connectivity index (χ1v) is 13.7. The van der Waals surface area contributed by atoms with E-state index in [2.05, 4.69) is 10.6 Å². The van der Waals surface area contributed by atoms with Crippen molar-refractivity contribution >= 4 is 52.4 Å². The molecule has 0 unspecified atom stereocenters. The topological polar surface area (TPSA) is 114 Å². The number of halogens is 1. The van der Waals surface area contributed by atoms with Gasteiger partial charge < -0.3 is 20.1 Å². The van der Waals surface area contributed by atoms with E-state index in [-0.39, 0.29) is 34.5 Å². The predicted octanol–water partition coefficient (Wildman–Crippen LogP) is 6.13. The molecule has 0 aliphatic carbocycles. The molecule has 4 aromatic rings. The van der Waals surface area contributed by atoms with Gasteiger partial charge in [-0.05, 0) is 79.2 Å². The van der Waals surface area contributed by atoms with Crippen molar-refractivity contribution in [1.82, 2.24) is 0 Å². The van der Waals surface area contributed by atoms with Crippen LogP contribution in [0, 0.1) is 0 Å². The van der Waals surface area contributed by atoms with Gasteiger partial charge >= 0.3 is 5.97 Å². The van der Waals surface area contributed by atoms with Gasteiger partial charge in [0.15, 0.2) is 0 Å². The number of benzene rings is 4. The fourth-order valence-electron chi connectivity index (χ4n) is 4.26. The van der Waals surface area contributed by atoms with Crippen LogP contribution in [0.3, 0.4) is 0 Å². The van der Waals surface area contributed by atoms with Gasteiger partial charge in [-0.1, -0.05) is 48.0 Å². The second kappa shape index (κ2) is 13.1. The molecule has 0 saturated carbocycles. The van der Waals surface area contributed by atoms with E-state index in [9.17, 15) is 19.2 Å². The van der Waals surface area contributed by atoms with Gasteiger partial charge in [0, 0.05) is 16.9 Å². The molecule has 1 aliphatic heterocycles. The highest BCUT2D eigenvalue weighted by Gasteiger charge is 2.39. The van der Waals surface area contributed by atoms with Gasteiger partial charge in [-0.3, -0.25) is 14.4 Å².